The van der Waals surface area contributed by atoms with E-state index in [1.54, 1.807) is 6.07 Å². The van der Waals surface area contributed by atoms with E-state index in [1.165, 1.54) is 23.0 Å². The quantitative estimate of drug-likeness (QED) is 0.783. The molecule has 0 N–H and O–H groups in total. The Kier molecular flexibility index (Phi) is 4.37. The van der Waals surface area contributed by atoms with E-state index in [4.69, 9.17) is 11.6 Å². The molecular formula is C13H11BrClFN2O. The summed E-state index contributed by atoms with van der Waals surface area (Å²) in [6, 6.07) is 4.30. The molecule has 2 aromatic rings. The second kappa shape index (κ2) is 5.84. The van der Waals surface area contributed by atoms with Gasteiger partial charge in [-0.3, -0.25) is 9.48 Å². The second-order valence-electron chi connectivity index (χ2n) is 4.02. The predicted molar refractivity (Wildman–Crippen MR) is 75.1 cm³/mol. The minimum Gasteiger partial charge on any atom is -0.287 e. The first-order valence-corrected chi connectivity index (χ1v) is 6.92. The van der Waals surface area contributed by atoms with Crippen LogP contribution in [0.2, 0.25) is 5.02 Å². The fourth-order valence-corrected chi connectivity index (χ4v) is 2.33. The van der Waals surface area contributed by atoms with Gasteiger partial charge >= 0.3 is 0 Å². The standard InChI is InChI=1S/C13H11BrClFN2O/c1-2-5-18-12(10(15)7-17-18)13(19)9-4-3-8(14)6-11(9)16/h3-4,6-7H,2,5H2,1H3. The molecule has 0 aliphatic rings. The summed E-state index contributed by atoms with van der Waals surface area (Å²) in [7, 11) is 0. The number of aryl methyl sites for hydroxylation is 1. The number of hydrogen-bond donors (Lipinski definition) is 0. The Morgan fingerprint density at radius 3 is 2.89 bits per heavy atom. The third kappa shape index (κ3) is 2.87. The predicted octanol–water partition coefficient (Wildman–Crippen LogP) is 4.08. The minimum absolute atomic E-state index is 0.0112. The van der Waals surface area contributed by atoms with Gasteiger partial charge in [0.05, 0.1) is 16.8 Å². The normalized spacial score (nSPS) is 10.7. The average Bonchev–Trinajstić information content (AvgIpc) is 2.70. The van der Waals surface area contributed by atoms with Crippen molar-refractivity contribution in [1.29, 1.82) is 0 Å². The van der Waals surface area contributed by atoms with E-state index >= 15 is 0 Å². The van der Waals surface area contributed by atoms with Crippen LogP contribution in [0, 0.1) is 5.82 Å². The Balaban J connectivity index is 2.46. The highest BCUT2D eigenvalue weighted by Gasteiger charge is 2.21. The van der Waals surface area contributed by atoms with Crippen molar-refractivity contribution in [3.05, 3.63) is 51.0 Å². The van der Waals surface area contributed by atoms with Gasteiger partial charge in [-0.2, -0.15) is 5.10 Å². The van der Waals surface area contributed by atoms with E-state index in [0.29, 0.717) is 11.0 Å². The zero-order valence-corrected chi connectivity index (χ0v) is 12.5. The van der Waals surface area contributed by atoms with Crippen LogP contribution in [0.5, 0.6) is 0 Å². The van der Waals surface area contributed by atoms with Crippen molar-refractivity contribution in [2.45, 2.75) is 19.9 Å². The molecule has 100 valence electrons. The molecule has 0 amide bonds. The molecular weight excluding hydrogens is 335 g/mol. The Morgan fingerprint density at radius 1 is 1.53 bits per heavy atom. The largest absolute Gasteiger partial charge is 0.287 e. The topological polar surface area (TPSA) is 34.9 Å². The van der Waals surface area contributed by atoms with Gasteiger partial charge in [0.15, 0.2) is 0 Å². The first-order valence-electron chi connectivity index (χ1n) is 5.75. The van der Waals surface area contributed by atoms with Crippen molar-refractivity contribution in [3.63, 3.8) is 0 Å². The van der Waals surface area contributed by atoms with E-state index in [-0.39, 0.29) is 16.3 Å². The van der Waals surface area contributed by atoms with Crippen molar-refractivity contribution < 1.29 is 9.18 Å². The molecule has 0 unspecified atom stereocenters. The maximum atomic E-state index is 13.8. The van der Waals surface area contributed by atoms with Gasteiger partial charge < -0.3 is 0 Å². The highest BCUT2D eigenvalue weighted by atomic mass is 79.9. The van der Waals surface area contributed by atoms with Crippen LogP contribution < -0.4 is 0 Å². The zero-order chi connectivity index (χ0) is 14.0. The maximum absolute atomic E-state index is 13.8. The summed E-state index contributed by atoms with van der Waals surface area (Å²) in [5, 5.41) is 4.27. The highest BCUT2D eigenvalue weighted by molar-refractivity contribution is 9.10. The van der Waals surface area contributed by atoms with Gasteiger partial charge in [-0.05, 0) is 24.6 Å². The molecule has 6 heteroatoms. The van der Waals surface area contributed by atoms with Crippen LogP contribution in [0.15, 0.2) is 28.9 Å². The van der Waals surface area contributed by atoms with Crippen LogP contribution in [0.1, 0.15) is 29.4 Å². The van der Waals surface area contributed by atoms with Crippen molar-refractivity contribution in [3.8, 4) is 0 Å². The Morgan fingerprint density at radius 2 is 2.26 bits per heavy atom. The van der Waals surface area contributed by atoms with Gasteiger partial charge in [-0.25, -0.2) is 4.39 Å². The number of carbonyl (C=O) groups excluding carboxylic acids is 1. The van der Waals surface area contributed by atoms with E-state index in [9.17, 15) is 9.18 Å². The molecule has 0 aliphatic heterocycles. The summed E-state index contributed by atoms with van der Waals surface area (Å²) in [5.74, 6) is -1.04. The van der Waals surface area contributed by atoms with Gasteiger partial charge in [0, 0.05) is 11.0 Å². The lowest BCUT2D eigenvalue weighted by molar-refractivity contribution is 0.102. The molecule has 0 aliphatic carbocycles. The van der Waals surface area contributed by atoms with E-state index in [1.807, 2.05) is 6.92 Å². The molecule has 1 heterocycles. The van der Waals surface area contributed by atoms with Gasteiger partial charge in [0.25, 0.3) is 0 Å². The molecule has 0 fully saturated rings. The molecule has 0 bridgehead atoms. The van der Waals surface area contributed by atoms with Crippen molar-refractivity contribution in [2.75, 3.05) is 0 Å². The molecule has 0 spiro atoms. The van der Waals surface area contributed by atoms with Crippen molar-refractivity contribution in [1.82, 2.24) is 9.78 Å². The Bertz CT molecular complexity index is 627. The van der Waals surface area contributed by atoms with Crippen molar-refractivity contribution in [2.24, 2.45) is 0 Å². The van der Waals surface area contributed by atoms with Gasteiger partial charge in [0.2, 0.25) is 5.78 Å². The third-order valence-corrected chi connectivity index (χ3v) is 3.39. The lowest BCUT2D eigenvalue weighted by Crippen LogP contribution is -2.13. The van der Waals surface area contributed by atoms with E-state index in [0.717, 1.165) is 6.42 Å². The molecule has 2 rings (SSSR count). The molecule has 1 aromatic heterocycles. The number of nitrogens with zero attached hydrogens (tertiary/aromatic N) is 2. The smallest absolute Gasteiger partial charge is 0.215 e. The summed E-state index contributed by atoms with van der Waals surface area (Å²) in [6.45, 7) is 2.52. The number of aromatic nitrogens is 2. The first kappa shape index (κ1) is 14.2. The van der Waals surface area contributed by atoms with E-state index < -0.39 is 11.6 Å². The SMILES string of the molecule is CCCn1ncc(Cl)c1C(=O)c1ccc(Br)cc1F. The number of hydrogen-bond acceptors (Lipinski definition) is 2. The van der Waals surface area contributed by atoms with Crippen LogP contribution in [0.25, 0.3) is 0 Å². The highest BCUT2D eigenvalue weighted by Crippen LogP contribution is 2.23. The molecule has 0 radical (unpaired) electrons. The molecule has 0 saturated carbocycles. The number of rotatable bonds is 4. The monoisotopic (exact) mass is 344 g/mol. The zero-order valence-electron chi connectivity index (χ0n) is 10.2. The molecule has 19 heavy (non-hydrogen) atoms. The molecule has 0 saturated heterocycles. The summed E-state index contributed by atoms with van der Waals surface area (Å²) >= 11 is 9.13. The maximum Gasteiger partial charge on any atom is 0.215 e. The van der Waals surface area contributed by atoms with Gasteiger partial charge in [-0.15, -0.1) is 0 Å². The molecule has 0 atom stereocenters. The Labute approximate surface area is 123 Å². The number of halogens is 3. The fraction of sp³-hybridized carbons (Fsp3) is 0.231. The summed E-state index contributed by atoms with van der Waals surface area (Å²) in [5.41, 5.74) is 0.215. The van der Waals surface area contributed by atoms with E-state index in [2.05, 4.69) is 21.0 Å². The Hall–Kier alpha value is -1.20. The summed E-state index contributed by atoms with van der Waals surface area (Å²) in [6.07, 6.45) is 2.21. The average molecular weight is 346 g/mol. The lowest BCUT2D eigenvalue weighted by atomic mass is 10.1. The van der Waals surface area contributed by atoms with Crippen molar-refractivity contribution >= 4 is 33.3 Å². The number of benzene rings is 1. The molecule has 1 aromatic carbocycles. The van der Waals surface area contributed by atoms with Crippen LogP contribution in [0.3, 0.4) is 0 Å². The van der Waals surface area contributed by atoms with Gasteiger partial charge in [0.1, 0.15) is 11.5 Å². The van der Waals surface area contributed by atoms with Crippen LogP contribution >= 0.6 is 27.5 Å². The van der Waals surface area contributed by atoms with Crippen LogP contribution in [-0.4, -0.2) is 15.6 Å². The molecule has 3 nitrogen and oxygen atoms in total. The lowest BCUT2D eigenvalue weighted by Gasteiger charge is -2.07. The first-order chi connectivity index (χ1) is 9.04. The summed E-state index contributed by atoms with van der Waals surface area (Å²) < 4.78 is 15.9. The number of carbonyl (C=O) groups is 1. The fourth-order valence-electron chi connectivity index (χ4n) is 1.77. The van der Waals surface area contributed by atoms with Gasteiger partial charge in [-0.1, -0.05) is 34.5 Å². The third-order valence-electron chi connectivity index (χ3n) is 2.62. The minimum atomic E-state index is -0.584. The summed E-state index contributed by atoms with van der Waals surface area (Å²) in [4.78, 5) is 12.4. The number of ketones is 1. The van der Waals surface area contributed by atoms with Crippen LogP contribution in [0.4, 0.5) is 4.39 Å². The second-order valence-corrected chi connectivity index (χ2v) is 5.34. The van der Waals surface area contributed by atoms with Crippen LogP contribution in [-0.2, 0) is 6.54 Å².